The van der Waals surface area contributed by atoms with E-state index in [1.54, 1.807) is 0 Å². The van der Waals surface area contributed by atoms with Crippen molar-refractivity contribution in [2.45, 2.75) is 219 Å². The minimum atomic E-state index is -0.454. The summed E-state index contributed by atoms with van der Waals surface area (Å²) in [6.07, 6.45) is 39.7. The molecule has 260 valence electrons. The van der Waals surface area contributed by atoms with E-state index in [9.17, 15) is 19.2 Å². The molecule has 0 fully saturated rings. The monoisotopic (exact) mass is 662 g/mol. The number of carbonyl (C=O) groups excluding carboxylic acids is 4. The van der Waals surface area contributed by atoms with Gasteiger partial charge in [0.25, 0.3) is 0 Å². The Balaban J connectivity index is -0.000000767. The molecule has 45 heavy (non-hydrogen) atoms. The van der Waals surface area contributed by atoms with E-state index in [4.69, 9.17) is 0 Å². The van der Waals surface area contributed by atoms with Crippen LogP contribution >= 0.6 is 0 Å². The van der Waals surface area contributed by atoms with Gasteiger partial charge in [0, 0.05) is 0 Å². The van der Waals surface area contributed by atoms with Gasteiger partial charge in [0.2, 0.25) is 0 Å². The zero-order valence-corrected chi connectivity index (χ0v) is 32.0. The molecule has 0 aromatic rings. The van der Waals surface area contributed by atoms with Gasteiger partial charge in [-0.25, -0.2) is 0 Å². The van der Waals surface area contributed by atoms with Gasteiger partial charge in [-0.2, -0.15) is 0 Å². The Labute approximate surface area is 308 Å². The van der Waals surface area contributed by atoms with Gasteiger partial charge in [0.15, 0.2) is 24.9 Å². The summed E-state index contributed by atoms with van der Waals surface area (Å²) in [6.45, 7) is 6.87. The van der Waals surface area contributed by atoms with E-state index in [-0.39, 0.29) is 37.7 Å². The summed E-state index contributed by atoms with van der Waals surface area (Å²) in [5.41, 5.74) is 0. The third-order valence-electron chi connectivity index (χ3n) is 8.28. The molecule has 0 rings (SSSR count). The summed E-state index contributed by atoms with van der Waals surface area (Å²) < 4.78 is 8.23. The maximum absolute atomic E-state index is 10.9. The van der Waals surface area contributed by atoms with Gasteiger partial charge in [0.1, 0.15) is 0 Å². The number of unbranched alkanes of at least 4 members (excludes halogenated alkanes) is 28. The minimum Gasteiger partial charge on any atom is -0.584 e. The Hall–Kier alpha value is -0.460. The molecule has 0 N–H and O–H groups in total. The quantitative estimate of drug-likeness (QED) is 0.0224. The van der Waals surface area contributed by atoms with E-state index in [0.717, 1.165) is 25.7 Å². The molecule has 0 radical (unpaired) electrons. The predicted octanol–water partition coefficient (Wildman–Crippen LogP) is 11.3. The van der Waals surface area contributed by atoms with Crippen LogP contribution in [0.1, 0.15) is 219 Å². The third kappa shape index (κ3) is 48.1. The molecule has 0 aliphatic heterocycles. The number of rotatable bonds is 34. The maximum atomic E-state index is 10.9. The second-order valence-electron chi connectivity index (χ2n) is 12.5. The molecular formula is C38H70CaO6. The van der Waals surface area contributed by atoms with Crippen LogP contribution in [0.15, 0.2) is 0 Å². The normalized spacial score (nSPS) is 10.4. The van der Waals surface area contributed by atoms with Gasteiger partial charge in [-0.05, 0) is 12.8 Å². The van der Waals surface area contributed by atoms with Crippen molar-refractivity contribution in [1.29, 1.82) is 0 Å². The molecule has 7 heteroatoms. The van der Waals surface area contributed by atoms with Crippen molar-refractivity contribution in [2.24, 2.45) is 0 Å². The molecule has 0 aromatic carbocycles. The van der Waals surface area contributed by atoms with Crippen molar-refractivity contribution in [3.8, 4) is 0 Å². The second-order valence-corrected chi connectivity index (χ2v) is 12.5. The average Bonchev–Trinajstić information content (AvgIpc) is 3.01. The van der Waals surface area contributed by atoms with E-state index < -0.39 is 11.9 Å². The molecule has 0 atom stereocenters. The van der Waals surface area contributed by atoms with Gasteiger partial charge in [-0.15, -0.1) is 0 Å². The Bertz CT molecular complexity index is 561. The minimum absolute atomic E-state index is 0. The van der Waals surface area contributed by atoms with Crippen molar-refractivity contribution < 1.29 is 28.7 Å². The van der Waals surface area contributed by atoms with Crippen LogP contribution in [0.5, 0.6) is 0 Å². The van der Waals surface area contributed by atoms with Crippen molar-refractivity contribution in [1.82, 2.24) is 0 Å². The first-order valence-corrected chi connectivity index (χ1v) is 18.8. The molecule has 0 spiro atoms. The molecule has 0 aliphatic rings. The van der Waals surface area contributed by atoms with Crippen LogP contribution in [0.3, 0.4) is 0 Å². The van der Waals surface area contributed by atoms with E-state index in [1.807, 2.05) is 0 Å². The standard InChI is InChI=1S/2C19H35O3.Ca/c2*1-2-3-4-5-6-7-8-9-10-11-12-13-14-15-16-17-19(21)22-18-20;/h2*2-17H2,1H3;/q2*-1;+2. The largest absolute Gasteiger partial charge is 2.00 e. The van der Waals surface area contributed by atoms with Crippen molar-refractivity contribution in [3.63, 3.8) is 0 Å². The number of carbonyl (C=O) groups is 2. The molecule has 0 aromatic heterocycles. The van der Waals surface area contributed by atoms with Crippen molar-refractivity contribution in [2.75, 3.05) is 0 Å². The Morgan fingerprint density at radius 3 is 0.711 bits per heavy atom. The summed E-state index contributed by atoms with van der Waals surface area (Å²) >= 11 is 0. The molecule has 0 unspecified atom stereocenters. The molecular weight excluding hydrogens is 592 g/mol. The third-order valence-corrected chi connectivity index (χ3v) is 8.28. The van der Waals surface area contributed by atoms with Crippen molar-refractivity contribution in [3.05, 3.63) is 0 Å². The van der Waals surface area contributed by atoms with Crippen molar-refractivity contribution >= 4 is 62.6 Å². The summed E-state index contributed by atoms with van der Waals surface area (Å²) in [7, 11) is 0. The fourth-order valence-corrected chi connectivity index (χ4v) is 5.48. The van der Waals surface area contributed by atoms with Gasteiger partial charge >= 0.3 is 37.7 Å². The van der Waals surface area contributed by atoms with Gasteiger partial charge in [-0.1, -0.05) is 206 Å². The van der Waals surface area contributed by atoms with Crippen LogP contribution in [-0.4, -0.2) is 62.6 Å². The van der Waals surface area contributed by atoms with E-state index in [0.29, 0.717) is 12.8 Å². The second kappa shape index (κ2) is 45.7. The molecule has 0 amide bonds. The molecule has 0 bridgehead atoms. The fraction of sp³-hybridized carbons (Fsp3) is 0.895. The van der Waals surface area contributed by atoms with Crippen LogP contribution < -0.4 is 0 Å². The van der Waals surface area contributed by atoms with Gasteiger partial charge in [-0.3, -0.25) is 0 Å². The molecule has 0 saturated carbocycles. The van der Waals surface area contributed by atoms with Gasteiger partial charge in [0.05, 0.1) is 0 Å². The molecule has 0 aliphatic carbocycles. The van der Waals surface area contributed by atoms with Crippen LogP contribution in [-0.2, 0) is 28.7 Å². The summed E-state index contributed by atoms with van der Waals surface area (Å²) in [6, 6.07) is 0. The molecule has 6 nitrogen and oxygen atoms in total. The van der Waals surface area contributed by atoms with Crippen LogP contribution in [0.25, 0.3) is 0 Å². The first kappa shape index (κ1) is 48.9. The van der Waals surface area contributed by atoms with Gasteiger partial charge < -0.3 is 28.7 Å². The number of esters is 2. The van der Waals surface area contributed by atoms with Crippen LogP contribution in [0, 0.1) is 0 Å². The molecule has 0 saturated heterocycles. The van der Waals surface area contributed by atoms with Crippen LogP contribution in [0.2, 0.25) is 0 Å². The summed E-state index contributed by atoms with van der Waals surface area (Å²) in [4.78, 5) is 41.4. The maximum Gasteiger partial charge on any atom is 2.00 e. The zero-order valence-electron chi connectivity index (χ0n) is 29.8. The first-order chi connectivity index (χ1) is 21.6. The van der Waals surface area contributed by atoms with E-state index >= 15 is 0 Å². The van der Waals surface area contributed by atoms with E-state index in [1.165, 1.54) is 180 Å². The summed E-state index contributed by atoms with van der Waals surface area (Å²) in [5, 5.41) is 0. The molecule has 0 heterocycles. The predicted molar refractivity (Wildman–Crippen MR) is 188 cm³/mol. The SMILES string of the molecule is CCCCCCCCCCCCCCCCCC(=O)O[C-]=O.CCCCCCCCCCCCCCCCCC(=O)O[C-]=O.[Ca+2]. The average molecular weight is 663 g/mol. The zero-order chi connectivity index (χ0) is 32.6. The van der Waals surface area contributed by atoms with E-state index in [2.05, 4.69) is 23.3 Å². The smallest absolute Gasteiger partial charge is 0.584 e. The topological polar surface area (TPSA) is 86.7 Å². The first-order valence-electron chi connectivity index (χ1n) is 18.8. The van der Waals surface area contributed by atoms with Crippen LogP contribution in [0.4, 0.5) is 0 Å². The summed E-state index contributed by atoms with van der Waals surface area (Å²) in [5.74, 6) is -0.908. The number of hydrogen-bond donors (Lipinski definition) is 0. The number of hydrogen-bond acceptors (Lipinski definition) is 6. The Kier molecular flexibility index (Phi) is 49.7. The number of ether oxygens (including phenoxy) is 2. The fourth-order valence-electron chi connectivity index (χ4n) is 5.48. The Morgan fingerprint density at radius 1 is 0.356 bits per heavy atom. The Morgan fingerprint density at radius 2 is 0.533 bits per heavy atom.